The lowest BCUT2D eigenvalue weighted by Crippen LogP contribution is -2.19. The van der Waals surface area contributed by atoms with Gasteiger partial charge in [-0.3, -0.25) is 4.98 Å². The number of pyridine rings is 1. The summed E-state index contributed by atoms with van der Waals surface area (Å²) in [4.78, 5) is 27.1. The zero-order valence-electron chi connectivity index (χ0n) is 13.8. The predicted molar refractivity (Wildman–Crippen MR) is 97.1 cm³/mol. The molecule has 0 radical (unpaired) electrons. The topological polar surface area (TPSA) is 102 Å². The van der Waals surface area contributed by atoms with Gasteiger partial charge in [-0.15, -0.1) is 0 Å². The summed E-state index contributed by atoms with van der Waals surface area (Å²) in [6.07, 6.45) is -1.82. The Hall–Kier alpha value is -3.40. The van der Waals surface area contributed by atoms with E-state index in [0.717, 1.165) is 10.6 Å². The minimum Gasteiger partial charge on any atom is -0.382 e. The van der Waals surface area contributed by atoms with Gasteiger partial charge < -0.3 is 10.7 Å². The highest BCUT2D eigenvalue weighted by Crippen LogP contribution is 2.34. The molecule has 1 aromatic carbocycles. The number of aromatic amines is 1. The molecule has 4 rings (SSSR count). The van der Waals surface area contributed by atoms with Crippen LogP contribution in [0, 0.1) is 0 Å². The molecule has 0 unspecified atom stereocenters. The van der Waals surface area contributed by atoms with Crippen molar-refractivity contribution in [3.63, 3.8) is 0 Å². The Morgan fingerprint density at radius 2 is 1.89 bits per heavy atom. The van der Waals surface area contributed by atoms with Crippen molar-refractivity contribution in [1.29, 1.82) is 0 Å². The van der Waals surface area contributed by atoms with E-state index in [0.29, 0.717) is 5.56 Å². The molecule has 0 saturated carbocycles. The van der Waals surface area contributed by atoms with Crippen molar-refractivity contribution < 1.29 is 13.2 Å². The quantitative estimate of drug-likeness (QED) is 0.531. The highest BCUT2D eigenvalue weighted by molar-refractivity contribution is 6.33. The number of aromatic nitrogens is 5. The van der Waals surface area contributed by atoms with Crippen LogP contribution in [-0.2, 0) is 6.18 Å². The van der Waals surface area contributed by atoms with Crippen molar-refractivity contribution in [2.75, 3.05) is 5.73 Å². The second-order valence-corrected chi connectivity index (χ2v) is 6.17. The second kappa shape index (κ2) is 6.34. The fourth-order valence-electron chi connectivity index (χ4n) is 2.80. The molecule has 0 aliphatic carbocycles. The largest absolute Gasteiger partial charge is 0.418 e. The van der Waals surface area contributed by atoms with Crippen molar-refractivity contribution in [3.8, 4) is 17.1 Å². The number of hydrogen-bond acceptors (Lipinski definition) is 5. The Balaban J connectivity index is 2.06. The van der Waals surface area contributed by atoms with Gasteiger partial charge in [0.2, 0.25) is 0 Å². The third-order valence-corrected chi connectivity index (χ3v) is 4.35. The maximum atomic E-state index is 13.4. The Morgan fingerprint density at radius 1 is 1.14 bits per heavy atom. The van der Waals surface area contributed by atoms with E-state index in [9.17, 15) is 18.0 Å². The average Bonchev–Trinajstić information content (AvgIpc) is 2.98. The SMILES string of the molecule is Nc1nc(-c2cnccc2Cl)nc2c1[nH]c(=O)n2-c1ccccc1C(F)(F)F. The maximum absolute atomic E-state index is 13.4. The van der Waals surface area contributed by atoms with E-state index < -0.39 is 17.4 Å². The number of halogens is 4. The van der Waals surface area contributed by atoms with Crippen LogP contribution < -0.4 is 11.4 Å². The Labute approximate surface area is 159 Å². The van der Waals surface area contributed by atoms with Gasteiger partial charge in [-0.25, -0.2) is 19.3 Å². The van der Waals surface area contributed by atoms with Gasteiger partial charge in [0.15, 0.2) is 17.3 Å². The molecule has 4 aromatic rings. The Kier molecular flexibility index (Phi) is 4.07. The lowest BCUT2D eigenvalue weighted by molar-refractivity contribution is -0.137. The van der Waals surface area contributed by atoms with Crippen LogP contribution in [0.1, 0.15) is 5.56 Å². The number of imidazole rings is 1. The van der Waals surface area contributed by atoms with E-state index in [2.05, 4.69) is 19.9 Å². The summed E-state index contributed by atoms with van der Waals surface area (Å²) < 4.78 is 41.1. The first-order valence-electron chi connectivity index (χ1n) is 7.82. The number of nitrogens with one attached hydrogen (secondary N) is 1. The van der Waals surface area contributed by atoms with Crippen molar-refractivity contribution in [1.82, 2.24) is 24.5 Å². The van der Waals surface area contributed by atoms with E-state index in [-0.39, 0.29) is 33.5 Å². The molecule has 11 heteroatoms. The third kappa shape index (κ3) is 2.87. The highest BCUT2D eigenvalue weighted by Gasteiger charge is 2.34. The molecule has 0 aliphatic heterocycles. The lowest BCUT2D eigenvalue weighted by Gasteiger charge is -2.13. The van der Waals surface area contributed by atoms with Crippen LogP contribution >= 0.6 is 11.6 Å². The van der Waals surface area contributed by atoms with Crippen LogP contribution in [0.25, 0.3) is 28.2 Å². The number of benzene rings is 1. The molecule has 7 nitrogen and oxygen atoms in total. The molecular formula is C17H10ClF3N6O. The minimum atomic E-state index is -4.67. The number of nitrogens with zero attached hydrogens (tertiary/aromatic N) is 4. The number of H-pyrrole nitrogens is 1. The van der Waals surface area contributed by atoms with E-state index in [1.54, 1.807) is 0 Å². The van der Waals surface area contributed by atoms with Crippen LogP contribution in [0.15, 0.2) is 47.5 Å². The fraction of sp³-hybridized carbons (Fsp3) is 0.0588. The average molecular weight is 407 g/mol. The summed E-state index contributed by atoms with van der Waals surface area (Å²) in [6.45, 7) is 0. The number of rotatable bonds is 2. The molecule has 0 atom stereocenters. The van der Waals surface area contributed by atoms with Crippen LogP contribution in [-0.4, -0.2) is 24.5 Å². The van der Waals surface area contributed by atoms with Crippen molar-refractivity contribution in [2.24, 2.45) is 0 Å². The zero-order chi connectivity index (χ0) is 20.1. The normalized spacial score (nSPS) is 11.9. The number of para-hydroxylation sites is 1. The minimum absolute atomic E-state index is 0.0192. The van der Waals surface area contributed by atoms with Crippen LogP contribution in [0.4, 0.5) is 19.0 Å². The summed E-state index contributed by atoms with van der Waals surface area (Å²) >= 11 is 6.12. The van der Waals surface area contributed by atoms with Crippen molar-refractivity contribution in [2.45, 2.75) is 6.18 Å². The van der Waals surface area contributed by atoms with Gasteiger partial charge in [0.25, 0.3) is 0 Å². The first kappa shape index (κ1) is 18.0. The molecule has 3 aromatic heterocycles. The highest BCUT2D eigenvalue weighted by atomic mass is 35.5. The van der Waals surface area contributed by atoms with E-state index in [1.807, 2.05) is 0 Å². The van der Waals surface area contributed by atoms with E-state index >= 15 is 0 Å². The molecule has 0 saturated heterocycles. The predicted octanol–water partition coefficient (Wildman–Crippen LogP) is 3.43. The molecule has 0 aliphatic rings. The number of anilines is 1. The van der Waals surface area contributed by atoms with Crippen LogP contribution in [0.5, 0.6) is 0 Å². The summed E-state index contributed by atoms with van der Waals surface area (Å²) in [5.41, 5.74) is 3.94. The molecule has 0 spiro atoms. The summed E-state index contributed by atoms with van der Waals surface area (Å²) in [7, 11) is 0. The third-order valence-electron chi connectivity index (χ3n) is 4.02. The van der Waals surface area contributed by atoms with Gasteiger partial charge in [0, 0.05) is 12.4 Å². The number of fused-ring (bicyclic) bond motifs is 1. The summed E-state index contributed by atoms with van der Waals surface area (Å²) in [5, 5.41) is 0.272. The molecule has 3 heterocycles. The molecular weight excluding hydrogens is 397 g/mol. The van der Waals surface area contributed by atoms with Gasteiger partial charge in [-0.05, 0) is 18.2 Å². The number of hydrogen-bond donors (Lipinski definition) is 2. The standard InChI is InChI=1S/C17H10ClF3N6O/c18-10-5-6-23-7-8(10)14-25-13(22)12-15(26-14)27(16(28)24-12)11-4-2-1-3-9(11)17(19,20)21/h1-7H,(H,24,28)(H2,22,25,26). The first-order valence-corrected chi connectivity index (χ1v) is 8.20. The van der Waals surface area contributed by atoms with Crippen LogP contribution in [0.2, 0.25) is 5.02 Å². The molecule has 28 heavy (non-hydrogen) atoms. The first-order chi connectivity index (χ1) is 13.3. The Morgan fingerprint density at radius 3 is 2.61 bits per heavy atom. The molecule has 0 fully saturated rings. The number of nitrogens with two attached hydrogens (primary N) is 1. The zero-order valence-corrected chi connectivity index (χ0v) is 14.6. The number of alkyl halides is 3. The van der Waals surface area contributed by atoms with Gasteiger partial charge in [0.05, 0.1) is 21.8 Å². The van der Waals surface area contributed by atoms with E-state index in [1.165, 1.54) is 36.7 Å². The van der Waals surface area contributed by atoms with Gasteiger partial charge in [-0.2, -0.15) is 13.2 Å². The lowest BCUT2D eigenvalue weighted by atomic mass is 10.1. The smallest absolute Gasteiger partial charge is 0.382 e. The van der Waals surface area contributed by atoms with Crippen molar-refractivity contribution >= 4 is 28.6 Å². The van der Waals surface area contributed by atoms with Crippen LogP contribution in [0.3, 0.4) is 0 Å². The molecule has 3 N–H and O–H groups in total. The summed E-state index contributed by atoms with van der Waals surface area (Å²) in [5.74, 6) is -0.0828. The molecule has 0 bridgehead atoms. The monoisotopic (exact) mass is 406 g/mol. The fourth-order valence-corrected chi connectivity index (χ4v) is 2.99. The summed E-state index contributed by atoms with van der Waals surface area (Å²) in [6, 6.07) is 6.18. The van der Waals surface area contributed by atoms with E-state index in [4.69, 9.17) is 17.3 Å². The Bertz CT molecular complexity index is 1260. The molecule has 142 valence electrons. The second-order valence-electron chi connectivity index (χ2n) is 5.77. The number of nitrogen functional groups attached to an aromatic ring is 1. The van der Waals surface area contributed by atoms with Gasteiger partial charge >= 0.3 is 11.9 Å². The van der Waals surface area contributed by atoms with Gasteiger partial charge in [-0.1, -0.05) is 23.7 Å². The van der Waals surface area contributed by atoms with Gasteiger partial charge in [0.1, 0.15) is 5.52 Å². The van der Waals surface area contributed by atoms with Crippen molar-refractivity contribution in [3.05, 3.63) is 63.8 Å². The maximum Gasteiger partial charge on any atom is 0.418 e. The molecule has 0 amide bonds.